The third kappa shape index (κ3) is 4.22. The van der Waals surface area contributed by atoms with Gasteiger partial charge in [-0.05, 0) is 50.8 Å². The molecule has 1 heterocycles. The van der Waals surface area contributed by atoms with Gasteiger partial charge in [-0.2, -0.15) is 0 Å². The number of ether oxygens (including phenoxy) is 1. The summed E-state index contributed by atoms with van der Waals surface area (Å²) in [6.07, 6.45) is 4.93. The lowest BCUT2D eigenvalue weighted by atomic mass is 9.96. The number of aryl methyl sites for hydroxylation is 1. The molecule has 0 radical (unpaired) electrons. The highest BCUT2D eigenvalue weighted by atomic mass is 16.5. The van der Waals surface area contributed by atoms with E-state index in [1.54, 1.807) is 0 Å². The topological polar surface area (TPSA) is 38.5 Å². The molecule has 0 amide bonds. The van der Waals surface area contributed by atoms with Gasteiger partial charge in [0.05, 0.1) is 6.61 Å². The molecule has 1 aliphatic heterocycles. The van der Waals surface area contributed by atoms with E-state index in [2.05, 4.69) is 30.9 Å². The molecule has 1 fully saturated rings. The summed E-state index contributed by atoms with van der Waals surface area (Å²) in [6, 6.07) is 9.48. The molecule has 0 spiro atoms. The van der Waals surface area contributed by atoms with Crippen molar-refractivity contribution in [2.45, 2.75) is 51.6 Å². The van der Waals surface area contributed by atoms with Gasteiger partial charge in [0.1, 0.15) is 5.75 Å². The molecule has 2 rings (SSSR count). The van der Waals surface area contributed by atoms with Crippen LogP contribution in [0.25, 0.3) is 0 Å². The predicted molar refractivity (Wildman–Crippen MR) is 84.2 cm³/mol. The summed E-state index contributed by atoms with van der Waals surface area (Å²) in [5, 5.41) is 0. The average Bonchev–Trinajstić information content (AvgIpc) is 2.45. The Morgan fingerprint density at radius 3 is 2.95 bits per heavy atom. The lowest BCUT2D eigenvalue weighted by molar-refractivity contribution is 0.0903. The largest absolute Gasteiger partial charge is 0.494 e. The highest BCUT2D eigenvalue weighted by Gasteiger charge is 2.25. The summed E-state index contributed by atoms with van der Waals surface area (Å²) >= 11 is 0. The molecule has 3 heteroatoms. The van der Waals surface area contributed by atoms with Gasteiger partial charge in [-0.1, -0.05) is 18.6 Å². The van der Waals surface area contributed by atoms with Crippen molar-refractivity contribution in [1.82, 2.24) is 4.90 Å². The van der Waals surface area contributed by atoms with Gasteiger partial charge in [-0.25, -0.2) is 0 Å². The van der Waals surface area contributed by atoms with Crippen molar-refractivity contribution in [2.24, 2.45) is 5.73 Å². The first-order valence-electron chi connectivity index (χ1n) is 7.86. The number of hydrogen-bond donors (Lipinski definition) is 1. The first-order chi connectivity index (χ1) is 9.70. The zero-order valence-corrected chi connectivity index (χ0v) is 12.8. The van der Waals surface area contributed by atoms with Crippen molar-refractivity contribution in [1.29, 1.82) is 0 Å². The number of nitrogens with zero attached hydrogens (tertiary/aromatic N) is 1. The van der Waals surface area contributed by atoms with Gasteiger partial charge in [-0.15, -0.1) is 0 Å². The average molecular weight is 276 g/mol. The van der Waals surface area contributed by atoms with Crippen LogP contribution in [0.1, 0.15) is 38.2 Å². The summed E-state index contributed by atoms with van der Waals surface area (Å²) in [4.78, 5) is 2.57. The van der Waals surface area contributed by atoms with Gasteiger partial charge >= 0.3 is 0 Å². The van der Waals surface area contributed by atoms with Crippen molar-refractivity contribution < 1.29 is 4.74 Å². The molecule has 0 aromatic heterocycles. The minimum atomic E-state index is 0.567. The number of benzene rings is 1. The van der Waals surface area contributed by atoms with Crippen LogP contribution in [0.15, 0.2) is 24.3 Å². The van der Waals surface area contributed by atoms with Crippen LogP contribution in [0, 0.1) is 6.92 Å². The standard InChI is InChI=1S/C17H28N2O/c1-14-6-3-9-17(12-14)20-11-5-10-19-15(2)7-4-8-16(19)13-18/h3,6,9,12,15-16H,4-5,7-8,10-11,13,18H2,1-2H3. The molecule has 20 heavy (non-hydrogen) atoms. The predicted octanol–water partition coefficient (Wildman–Crippen LogP) is 2.97. The number of rotatable bonds is 6. The van der Waals surface area contributed by atoms with Gasteiger partial charge in [0.15, 0.2) is 0 Å². The third-order valence-corrected chi connectivity index (χ3v) is 4.29. The Hall–Kier alpha value is -1.06. The molecule has 0 bridgehead atoms. The summed E-state index contributed by atoms with van der Waals surface area (Å²) in [6.45, 7) is 7.07. The molecule has 1 aromatic carbocycles. The minimum Gasteiger partial charge on any atom is -0.494 e. The molecule has 0 aliphatic carbocycles. The van der Waals surface area contributed by atoms with Crippen LogP contribution in [0.2, 0.25) is 0 Å². The maximum Gasteiger partial charge on any atom is 0.119 e. The van der Waals surface area contributed by atoms with E-state index in [0.29, 0.717) is 12.1 Å². The summed E-state index contributed by atoms with van der Waals surface area (Å²) in [7, 11) is 0. The Kier molecular flexibility index (Phi) is 5.86. The van der Waals surface area contributed by atoms with Crippen LogP contribution in [-0.4, -0.2) is 36.7 Å². The number of nitrogens with two attached hydrogens (primary N) is 1. The first-order valence-corrected chi connectivity index (χ1v) is 7.86. The minimum absolute atomic E-state index is 0.567. The zero-order chi connectivity index (χ0) is 14.4. The fraction of sp³-hybridized carbons (Fsp3) is 0.647. The van der Waals surface area contributed by atoms with Crippen LogP contribution >= 0.6 is 0 Å². The molecule has 1 aliphatic rings. The normalized spacial score (nSPS) is 23.8. The second kappa shape index (κ2) is 7.65. The van der Waals surface area contributed by atoms with Crippen molar-refractivity contribution in [3.05, 3.63) is 29.8 Å². The molecule has 2 N–H and O–H groups in total. The second-order valence-corrected chi connectivity index (χ2v) is 5.93. The monoisotopic (exact) mass is 276 g/mol. The third-order valence-electron chi connectivity index (χ3n) is 4.29. The number of piperidine rings is 1. The van der Waals surface area contributed by atoms with Gasteiger partial charge in [0, 0.05) is 25.2 Å². The maximum absolute atomic E-state index is 5.89. The summed E-state index contributed by atoms with van der Waals surface area (Å²) in [5.41, 5.74) is 7.14. The highest BCUT2D eigenvalue weighted by Crippen LogP contribution is 2.22. The SMILES string of the molecule is Cc1cccc(OCCCN2C(C)CCCC2CN)c1. The van der Waals surface area contributed by atoms with Crippen molar-refractivity contribution >= 4 is 0 Å². The molecular weight excluding hydrogens is 248 g/mol. The van der Waals surface area contributed by atoms with Crippen molar-refractivity contribution in [2.75, 3.05) is 19.7 Å². The second-order valence-electron chi connectivity index (χ2n) is 5.93. The van der Waals surface area contributed by atoms with Gasteiger partial charge in [0.2, 0.25) is 0 Å². The molecule has 1 saturated heterocycles. The fourth-order valence-corrected chi connectivity index (χ4v) is 3.14. The Morgan fingerprint density at radius 2 is 2.20 bits per heavy atom. The van der Waals surface area contributed by atoms with E-state index in [9.17, 15) is 0 Å². The molecule has 112 valence electrons. The van der Waals surface area contributed by atoms with E-state index in [1.165, 1.54) is 24.8 Å². The molecule has 0 saturated carbocycles. The fourth-order valence-electron chi connectivity index (χ4n) is 3.14. The van der Waals surface area contributed by atoms with Crippen LogP contribution < -0.4 is 10.5 Å². The van der Waals surface area contributed by atoms with Crippen molar-refractivity contribution in [3.8, 4) is 5.75 Å². The zero-order valence-electron chi connectivity index (χ0n) is 12.8. The van der Waals surface area contributed by atoms with Gasteiger partial charge < -0.3 is 10.5 Å². The first kappa shape index (κ1) is 15.3. The summed E-state index contributed by atoms with van der Waals surface area (Å²) < 4.78 is 5.82. The molecule has 2 unspecified atom stereocenters. The van der Waals surface area contributed by atoms with E-state index < -0.39 is 0 Å². The smallest absolute Gasteiger partial charge is 0.119 e. The molecular formula is C17H28N2O. The molecule has 2 atom stereocenters. The maximum atomic E-state index is 5.89. The van der Waals surface area contributed by atoms with Crippen molar-refractivity contribution in [3.63, 3.8) is 0 Å². The Bertz CT molecular complexity index is 408. The lowest BCUT2D eigenvalue weighted by Crippen LogP contribution is -2.49. The van der Waals surface area contributed by atoms with Gasteiger partial charge in [-0.3, -0.25) is 4.90 Å². The van der Waals surface area contributed by atoms with Crippen LogP contribution in [0.3, 0.4) is 0 Å². The Balaban J connectivity index is 1.74. The molecule has 3 nitrogen and oxygen atoms in total. The van der Waals surface area contributed by atoms with Crippen LogP contribution in [0.5, 0.6) is 5.75 Å². The van der Waals surface area contributed by atoms with E-state index in [4.69, 9.17) is 10.5 Å². The van der Waals surface area contributed by atoms with Gasteiger partial charge in [0.25, 0.3) is 0 Å². The Labute approximate surface area is 123 Å². The number of likely N-dealkylation sites (tertiary alicyclic amines) is 1. The highest BCUT2D eigenvalue weighted by molar-refractivity contribution is 5.27. The van der Waals surface area contributed by atoms with E-state index in [0.717, 1.165) is 31.9 Å². The van der Waals surface area contributed by atoms with Crippen LogP contribution in [-0.2, 0) is 0 Å². The van der Waals surface area contributed by atoms with E-state index in [1.807, 2.05) is 12.1 Å². The quantitative estimate of drug-likeness (QED) is 0.812. The lowest BCUT2D eigenvalue weighted by Gasteiger charge is -2.40. The van der Waals surface area contributed by atoms with Crippen LogP contribution in [0.4, 0.5) is 0 Å². The van der Waals surface area contributed by atoms with E-state index >= 15 is 0 Å². The van der Waals surface area contributed by atoms with E-state index in [-0.39, 0.29) is 0 Å². The number of hydrogen-bond acceptors (Lipinski definition) is 3. The summed E-state index contributed by atoms with van der Waals surface area (Å²) in [5.74, 6) is 0.979. The Morgan fingerprint density at radius 1 is 1.35 bits per heavy atom. The molecule has 1 aromatic rings.